The van der Waals surface area contributed by atoms with Crippen LogP contribution in [0.25, 0.3) is 0 Å². The van der Waals surface area contributed by atoms with E-state index in [1.807, 2.05) is 0 Å². The molecule has 1 aromatic rings. The Balaban J connectivity index is 2.39. The predicted octanol–water partition coefficient (Wildman–Crippen LogP) is 2.09. The molecule has 1 aliphatic rings. The molecule has 2 rings (SSSR count). The SMILES string of the molecule is COC(=O)C1CNCC1c1c(C)cc(C)cc1C. The van der Waals surface area contributed by atoms with Gasteiger partial charge < -0.3 is 10.1 Å². The van der Waals surface area contributed by atoms with E-state index < -0.39 is 0 Å². The molecule has 1 fully saturated rings. The highest BCUT2D eigenvalue weighted by atomic mass is 16.5. The zero-order valence-electron chi connectivity index (χ0n) is 11.5. The normalized spacial score (nSPS) is 23.1. The Kier molecular flexibility index (Phi) is 3.71. The molecule has 0 saturated carbocycles. The second-order valence-corrected chi connectivity index (χ2v) is 5.21. The minimum absolute atomic E-state index is 0.0601. The molecule has 0 aliphatic carbocycles. The minimum atomic E-state index is -0.107. The Bertz CT molecular complexity index is 445. The third-order valence-corrected chi connectivity index (χ3v) is 3.83. The van der Waals surface area contributed by atoms with Gasteiger partial charge in [0.25, 0.3) is 0 Å². The van der Waals surface area contributed by atoms with Crippen molar-refractivity contribution in [1.29, 1.82) is 0 Å². The molecule has 0 radical (unpaired) electrons. The van der Waals surface area contributed by atoms with Crippen molar-refractivity contribution in [2.45, 2.75) is 26.7 Å². The van der Waals surface area contributed by atoms with Gasteiger partial charge in [0.05, 0.1) is 13.0 Å². The van der Waals surface area contributed by atoms with E-state index in [4.69, 9.17) is 4.74 Å². The number of aryl methyl sites for hydroxylation is 3. The van der Waals surface area contributed by atoms with E-state index in [0.29, 0.717) is 6.54 Å². The van der Waals surface area contributed by atoms with E-state index >= 15 is 0 Å². The van der Waals surface area contributed by atoms with Crippen LogP contribution in [0.2, 0.25) is 0 Å². The van der Waals surface area contributed by atoms with Gasteiger partial charge in [0.1, 0.15) is 0 Å². The number of hydrogen-bond acceptors (Lipinski definition) is 3. The fraction of sp³-hybridized carbons (Fsp3) is 0.533. The number of hydrogen-bond donors (Lipinski definition) is 1. The molecule has 1 saturated heterocycles. The van der Waals surface area contributed by atoms with E-state index in [1.54, 1.807) is 0 Å². The summed E-state index contributed by atoms with van der Waals surface area (Å²) in [5, 5.41) is 3.30. The van der Waals surface area contributed by atoms with E-state index in [-0.39, 0.29) is 17.8 Å². The monoisotopic (exact) mass is 247 g/mol. The van der Waals surface area contributed by atoms with Crippen molar-refractivity contribution < 1.29 is 9.53 Å². The highest BCUT2D eigenvalue weighted by Gasteiger charge is 2.36. The van der Waals surface area contributed by atoms with Gasteiger partial charge in [-0.15, -0.1) is 0 Å². The summed E-state index contributed by atoms with van der Waals surface area (Å²) in [6, 6.07) is 4.38. The molecule has 1 aliphatic heterocycles. The lowest BCUT2D eigenvalue weighted by molar-refractivity contribution is -0.145. The van der Waals surface area contributed by atoms with Crippen molar-refractivity contribution in [2.75, 3.05) is 20.2 Å². The van der Waals surface area contributed by atoms with Gasteiger partial charge in [-0.3, -0.25) is 4.79 Å². The molecular weight excluding hydrogens is 226 g/mol. The van der Waals surface area contributed by atoms with Crippen LogP contribution in [0.5, 0.6) is 0 Å². The topological polar surface area (TPSA) is 38.3 Å². The Hall–Kier alpha value is -1.35. The van der Waals surface area contributed by atoms with E-state index in [0.717, 1.165) is 6.54 Å². The number of benzene rings is 1. The molecule has 0 spiro atoms. The molecule has 2 atom stereocenters. The number of esters is 1. The second-order valence-electron chi connectivity index (χ2n) is 5.21. The maximum atomic E-state index is 11.8. The summed E-state index contributed by atoms with van der Waals surface area (Å²) in [7, 11) is 1.46. The van der Waals surface area contributed by atoms with Crippen LogP contribution in [0.4, 0.5) is 0 Å². The van der Waals surface area contributed by atoms with Gasteiger partial charge in [-0.2, -0.15) is 0 Å². The molecule has 0 bridgehead atoms. The Morgan fingerprint density at radius 1 is 1.22 bits per heavy atom. The lowest BCUT2D eigenvalue weighted by Gasteiger charge is -2.21. The van der Waals surface area contributed by atoms with Gasteiger partial charge in [-0.25, -0.2) is 0 Å². The van der Waals surface area contributed by atoms with Crippen LogP contribution in [0.3, 0.4) is 0 Å². The lowest BCUT2D eigenvalue weighted by atomic mass is 9.83. The summed E-state index contributed by atoms with van der Waals surface area (Å²) in [5.41, 5.74) is 5.13. The lowest BCUT2D eigenvalue weighted by Crippen LogP contribution is -2.23. The molecule has 0 aromatic heterocycles. The van der Waals surface area contributed by atoms with Crippen LogP contribution >= 0.6 is 0 Å². The average molecular weight is 247 g/mol. The van der Waals surface area contributed by atoms with Crippen molar-refractivity contribution in [2.24, 2.45) is 5.92 Å². The van der Waals surface area contributed by atoms with Crippen molar-refractivity contribution in [3.05, 3.63) is 34.4 Å². The molecule has 98 valence electrons. The minimum Gasteiger partial charge on any atom is -0.469 e. The molecular formula is C15H21NO2. The first-order valence-electron chi connectivity index (χ1n) is 6.41. The molecule has 3 heteroatoms. The summed E-state index contributed by atoms with van der Waals surface area (Å²) in [4.78, 5) is 11.8. The number of methoxy groups -OCH3 is 1. The number of carbonyl (C=O) groups is 1. The maximum Gasteiger partial charge on any atom is 0.310 e. The highest BCUT2D eigenvalue weighted by Crippen LogP contribution is 2.33. The Labute approximate surface area is 109 Å². The van der Waals surface area contributed by atoms with Crippen molar-refractivity contribution in [1.82, 2.24) is 5.32 Å². The van der Waals surface area contributed by atoms with Crippen LogP contribution in [0.1, 0.15) is 28.2 Å². The summed E-state index contributed by atoms with van der Waals surface area (Å²) < 4.78 is 4.91. The van der Waals surface area contributed by atoms with Crippen LogP contribution in [-0.4, -0.2) is 26.2 Å². The molecule has 1 N–H and O–H groups in total. The molecule has 0 amide bonds. The third-order valence-electron chi connectivity index (χ3n) is 3.83. The molecule has 18 heavy (non-hydrogen) atoms. The smallest absolute Gasteiger partial charge is 0.310 e. The van der Waals surface area contributed by atoms with E-state index in [2.05, 4.69) is 38.2 Å². The number of carbonyl (C=O) groups excluding carboxylic acids is 1. The van der Waals surface area contributed by atoms with Gasteiger partial charge >= 0.3 is 5.97 Å². The highest BCUT2D eigenvalue weighted by molar-refractivity contribution is 5.74. The molecule has 3 nitrogen and oxygen atoms in total. The first kappa shape index (κ1) is 13.1. The Morgan fingerprint density at radius 3 is 2.39 bits per heavy atom. The number of rotatable bonds is 2. The van der Waals surface area contributed by atoms with Gasteiger partial charge in [0.2, 0.25) is 0 Å². The van der Waals surface area contributed by atoms with Gasteiger partial charge in [-0.05, 0) is 37.5 Å². The van der Waals surface area contributed by atoms with Crippen LogP contribution in [0, 0.1) is 26.7 Å². The van der Waals surface area contributed by atoms with E-state index in [1.165, 1.54) is 29.4 Å². The largest absolute Gasteiger partial charge is 0.469 e. The third kappa shape index (κ3) is 2.27. The zero-order valence-corrected chi connectivity index (χ0v) is 11.5. The van der Waals surface area contributed by atoms with Crippen molar-refractivity contribution in [3.8, 4) is 0 Å². The second kappa shape index (κ2) is 5.11. The van der Waals surface area contributed by atoms with E-state index in [9.17, 15) is 4.79 Å². The standard InChI is InChI=1S/C15H21NO2/c1-9-5-10(2)14(11(3)6-9)12-7-16-8-13(12)15(17)18-4/h5-6,12-13,16H,7-8H2,1-4H3. The van der Waals surface area contributed by atoms with Crippen molar-refractivity contribution >= 4 is 5.97 Å². The summed E-state index contributed by atoms with van der Waals surface area (Å²) in [6.07, 6.45) is 0. The van der Waals surface area contributed by atoms with Gasteiger partial charge in [0.15, 0.2) is 0 Å². The Morgan fingerprint density at radius 2 is 1.83 bits per heavy atom. The maximum absolute atomic E-state index is 11.8. The molecule has 1 heterocycles. The van der Waals surface area contributed by atoms with Crippen LogP contribution in [0.15, 0.2) is 12.1 Å². The summed E-state index contributed by atoms with van der Waals surface area (Å²) in [6.45, 7) is 7.92. The fourth-order valence-electron chi connectivity index (χ4n) is 3.16. The fourth-order valence-corrected chi connectivity index (χ4v) is 3.16. The average Bonchev–Trinajstić information content (AvgIpc) is 2.75. The molecule has 1 aromatic carbocycles. The van der Waals surface area contributed by atoms with Gasteiger partial charge in [0, 0.05) is 19.0 Å². The van der Waals surface area contributed by atoms with Crippen molar-refractivity contribution in [3.63, 3.8) is 0 Å². The van der Waals surface area contributed by atoms with Gasteiger partial charge in [-0.1, -0.05) is 17.7 Å². The quantitative estimate of drug-likeness (QED) is 0.813. The zero-order chi connectivity index (χ0) is 13.3. The number of nitrogens with one attached hydrogen (secondary N) is 1. The molecule has 2 unspecified atom stereocenters. The van der Waals surface area contributed by atoms with Crippen LogP contribution in [-0.2, 0) is 9.53 Å². The first-order valence-corrected chi connectivity index (χ1v) is 6.41. The number of ether oxygens (including phenoxy) is 1. The van der Waals surface area contributed by atoms with Crippen LogP contribution < -0.4 is 5.32 Å². The first-order chi connectivity index (χ1) is 8.54. The summed E-state index contributed by atoms with van der Waals surface area (Å²) in [5.74, 6) is 0.0672. The predicted molar refractivity (Wildman–Crippen MR) is 71.8 cm³/mol. The summed E-state index contributed by atoms with van der Waals surface area (Å²) >= 11 is 0.